The molecule has 188 valence electrons. The summed E-state index contributed by atoms with van der Waals surface area (Å²) in [6, 6.07) is 33.3. The molecule has 2 nitrogen and oxygen atoms in total. The van der Waals surface area contributed by atoms with Crippen LogP contribution in [0.25, 0.3) is 0 Å². The molecule has 0 amide bonds. The topological polar surface area (TPSA) is 12.5 Å². The fourth-order valence-electron chi connectivity index (χ4n) is 5.28. The maximum absolute atomic E-state index is 5.98. The van der Waals surface area contributed by atoms with Gasteiger partial charge in [-0.2, -0.15) is 6.42 Å². The minimum absolute atomic E-state index is 0. The van der Waals surface area contributed by atoms with Gasteiger partial charge in [-0.1, -0.05) is 112 Å². The fourth-order valence-corrected chi connectivity index (χ4v) is 8.36. The first-order chi connectivity index (χ1) is 16.1. The van der Waals surface area contributed by atoms with Crippen LogP contribution in [0, 0.1) is 25.7 Å². The molecule has 0 aromatic heterocycles. The molecule has 0 radical (unpaired) electrons. The number of hydrogen-bond acceptors (Lipinski definition) is 2. The van der Waals surface area contributed by atoms with E-state index < -0.39 is 7.92 Å². The third kappa shape index (κ3) is 7.06. The summed E-state index contributed by atoms with van der Waals surface area (Å²) in [5.41, 5.74) is 1.82. The Kier molecular flexibility index (Phi) is 12.2. The smallest absolute Gasteiger partial charge is 0.375 e. The van der Waals surface area contributed by atoms with Gasteiger partial charge < -0.3 is 23.5 Å². The number of nitrogens with zero attached hydrogens (tertiary/aromatic N) is 1. The monoisotopic (exact) mass is 529 g/mol. The molecule has 1 aliphatic carbocycles. The predicted octanol–water partition coefficient (Wildman–Crippen LogP) is 6.50. The molecule has 0 bridgehead atoms. The van der Waals surface area contributed by atoms with Crippen molar-refractivity contribution >= 4 is 18.5 Å². The molecule has 1 aliphatic rings. The van der Waals surface area contributed by atoms with E-state index in [0.717, 1.165) is 6.54 Å². The second-order valence-corrected chi connectivity index (χ2v) is 11.8. The molecule has 4 rings (SSSR count). The van der Waals surface area contributed by atoms with Gasteiger partial charge in [-0.3, -0.25) is 0 Å². The molecular weight excluding hydrogens is 489 g/mol. The normalized spacial score (nSPS) is 21.3. The van der Waals surface area contributed by atoms with Gasteiger partial charge in [0.2, 0.25) is 0 Å². The Morgan fingerprint density at radius 3 is 1.89 bits per heavy atom. The molecule has 1 fully saturated rings. The van der Waals surface area contributed by atoms with Crippen molar-refractivity contribution in [1.29, 1.82) is 0 Å². The van der Waals surface area contributed by atoms with Crippen LogP contribution >= 0.6 is 7.92 Å². The second kappa shape index (κ2) is 14.3. The molecule has 3 aromatic rings. The molecule has 5 atom stereocenters. The molecule has 0 spiro atoms. The summed E-state index contributed by atoms with van der Waals surface area (Å²) in [6.07, 6.45) is 3.90. The van der Waals surface area contributed by atoms with Crippen molar-refractivity contribution in [2.45, 2.75) is 38.1 Å². The molecule has 35 heavy (non-hydrogen) atoms. The van der Waals surface area contributed by atoms with Crippen LogP contribution in [0.4, 0.5) is 0 Å². The zero-order valence-corrected chi connectivity index (χ0v) is 23.7. The van der Waals surface area contributed by atoms with Crippen LogP contribution in [0.15, 0.2) is 91.0 Å². The van der Waals surface area contributed by atoms with E-state index in [1.165, 1.54) is 22.6 Å². The maximum atomic E-state index is 5.98. The van der Waals surface area contributed by atoms with Gasteiger partial charge in [0, 0.05) is 13.2 Å². The van der Waals surface area contributed by atoms with E-state index in [-0.39, 0.29) is 30.6 Å². The molecule has 0 heterocycles. The fraction of sp³-hybridized carbons (Fsp3) is 0.355. The Morgan fingerprint density at radius 1 is 0.914 bits per heavy atom. The number of benzene rings is 3. The predicted molar refractivity (Wildman–Crippen MR) is 149 cm³/mol. The summed E-state index contributed by atoms with van der Waals surface area (Å²) < 4.78 is 5.98. The Hall–Kier alpha value is -1.47. The van der Waals surface area contributed by atoms with E-state index >= 15 is 0 Å². The largest absolute Gasteiger partial charge is 2.00 e. The van der Waals surface area contributed by atoms with Gasteiger partial charge in [-0.15, -0.1) is 5.66 Å². The van der Waals surface area contributed by atoms with Crippen molar-refractivity contribution in [1.82, 2.24) is 4.90 Å². The zero-order valence-electron chi connectivity index (χ0n) is 21.7. The SMILES string of the molecule is CO[C@H](c1ccccc1)[C@H](C)N(C)CC1C(C)C[CH-]C1P(c1ccccc1)c1ccccc1.[CH3-].[Fe+2]. The van der Waals surface area contributed by atoms with Crippen molar-refractivity contribution in [3.05, 3.63) is 110 Å². The summed E-state index contributed by atoms with van der Waals surface area (Å²) in [5, 5.41) is 2.96. The van der Waals surface area contributed by atoms with Crippen molar-refractivity contribution in [2.75, 3.05) is 20.7 Å². The van der Waals surface area contributed by atoms with Crippen molar-refractivity contribution in [3.8, 4) is 0 Å². The molecular formula is C31H40FeNOP. The first-order valence-electron chi connectivity index (χ1n) is 12.1. The molecule has 0 aliphatic heterocycles. The van der Waals surface area contributed by atoms with E-state index in [1.807, 2.05) is 7.11 Å². The average molecular weight is 529 g/mol. The van der Waals surface area contributed by atoms with Crippen molar-refractivity contribution in [3.63, 3.8) is 0 Å². The summed E-state index contributed by atoms with van der Waals surface area (Å²) >= 11 is 0. The summed E-state index contributed by atoms with van der Waals surface area (Å²) in [7, 11) is 3.66. The van der Waals surface area contributed by atoms with E-state index in [0.29, 0.717) is 23.5 Å². The Labute approximate surface area is 225 Å². The number of rotatable bonds is 9. The Balaban J connectivity index is 0.00000216. The number of ether oxygens (including phenoxy) is 1. The van der Waals surface area contributed by atoms with Crippen LogP contribution in [0.2, 0.25) is 0 Å². The van der Waals surface area contributed by atoms with E-state index in [2.05, 4.69) is 123 Å². The van der Waals surface area contributed by atoms with Gasteiger partial charge in [0.25, 0.3) is 0 Å². The van der Waals surface area contributed by atoms with Crippen molar-refractivity contribution < 1.29 is 21.8 Å². The van der Waals surface area contributed by atoms with Gasteiger partial charge in [0.05, 0.1) is 6.10 Å². The van der Waals surface area contributed by atoms with Gasteiger partial charge >= 0.3 is 17.1 Å². The summed E-state index contributed by atoms with van der Waals surface area (Å²) in [5.74, 6) is 1.30. The quantitative estimate of drug-likeness (QED) is 0.178. The molecule has 3 aromatic carbocycles. The molecule has 0 N–H and O–H groups in total. The summed E-state index contributed by atoms with van der Waals surface area (Å²) in [6.45, 7) is 5.82. The minimum atomic E-state index is -0.444. The van der Waals surface area contributed by atoms with Gasteiger partial charge in [0.15, 0.2) is 0 Å². The molecule has 1 saturated carbocycles. The Morgan fingerprint density at radius 2 is 1.40 bits per heavy atom. The third-order valence-corrected chi connectivity index (χ3v) is 10.2. The van der Waals surface area contributed by atoms with E-state index in [9.17, 15) is 0 Å². The molecule has 0 saturated heterocycles. The first-order valence-corrected chi connectivity index (χ1v) is 13.5. The van der Waals surface area contributed by atoms with Crippen LogP contribution in [-0.2, 0) is 21.8 Å². The van der Waals surface area contributed by atoms with Crippen molar-refractivity contribution in [2.24, 2.45) is 11.8 Å². The first kappa shape index (κ1) is 29.8. The van der Waals surface area contributed by atoms with Gasteiger partial charge in [-0.05, 0) is 42.6 Å². The van der Waals surface area contributed by atoms with Gasteiger partial charge in [-0.25, -0.2) is 0 Å². The maximum Gasteiger partial charge on any atom is 2.00 e. The van der Waals surface area contributed by atoms with Crippen LogP contribution in [-0.4, -0.2) is 37.3 Å². The van der Waals surface area contributed by atoms with Crippen LogP contribution in [0.3, 0.4) is 0 Å². The third-order valence-electron chi connectivity index (χ3n) is 7.30. The molecule has 3 unspecified atom stereocenters. The molecule has 4 heteroatoms. The second-order valence-electron chi connectivity index (χ2n) is 9.39. The van der Waals surface area contributed by atoms with Gasteiger partial charge in [0.1, 0.15) is 0 Å². The van der Waals surface area contributed by atoms with Crippen LogP contribution in [0.1, 0.15) is 31.9 Å². The van der Waals surface area contributed by atoms with Crippen LogP contribution in [0.5, 0.6) is 0 Å². The number of hydrogen-bond donors (Lipinski definition) is 0. The minimum Gasteiger partial charge on any atom is -0.375 e. The zero-order chi connectivity index (χ0) is 23.2. The van der Waals surface area contributed by atoms with E-state index in [1.54, 1.807) is 0 Å². The standard InChI is InChI=1S/C30H37NOP.CH3.Fe/c1-23-20-21-29(33(26-16-10-6-11-17-26)27-18-12-7-13-19-27)28(23)22-31(3)24(2)30(32-4)25-14-8-5-9-15-25;;/h5-19,21,23-24,28-30H,20,22H2,1-4H3;1H3;/q2*-1;+2/t23?,24-,28?,29?,30-;;/m0../s1. The summed E-state index contributed by atoms with van der Waals surface area (Å²) in [4.78, 5) is 2.53. The van der Waals surface area contributed by atoms with Crippen LogP contribution < -0.4 is 10.6 Å². The number of likely N-dealkylation sites (N-methyl/N-ethyl adjacent to an activating group) is 1. The Bertz CT molecular complexity index is 932. The number of methoxy groups -OCH3 is 1. The van der Waals surface area contributed by atoms with E-state index in [4.69, 9.17) is 4.74 Å². The average Bonchev–Trinajstić information content (AvgIpc) is 3.21.